The molecular weight excluding hydrogens is 327 g/mol. The molecule has 0 aliphatic heterocycles. The average molecular weight is 354 g/mol. The van der Waals surface area contributed by atoms with Crippen LogP contribution in [0.2, 0.25) is 5.02 Å². The normalized spacial score (nSPS) is 10.5. The zero-order valence-corrected chi connectivity index (χ0v) is 15.2. The van der Waals surface area contributed by atoms with Crippen LogP contribution >= 0.6 is 36.4 Å². The number of nitrogens with zero attached hydrogens (tertiary/aromatic N) is 1. The van der Waals surface area contributed by atoms with Crippen molar-refractivity contribution in [2.24, 2.45) is 0 Å². The first-order chi connectivity index (χ1) is 9.26. The van der Waals surface area contributed by atoms with E-state index in [2.05, 4.69) is 36.2 Å². The number of nitrogens with one attached hydrogen (secondary N) is 1. The smallest absolute Gasteiger partial charge is 0.0406 e. The minimum absolute atomic E-state index is 0. The highest BCUT2D eigenvalue weighted by molar-refractivity contribution is 6.30. The van der Waals surface area contributed by atoms with Crippen molar-refractivity contribution in [3.63, 3.8) is 0 Å². The van der Waals surface area contributed by atoms with E-state index in [-0.39, 0.29) is 24.8 Å². The van der Waals surface area contributed by atoms with Gasteiger partial charge < -0.3 is 10.2 Å². The summed E-state index contributed by atoms with van der Waals surface area (Å²) in [7, 11) is 0. The van der Waals surface area contributed by atoms with Crippen LogP contribution in [-0.4, -0.2) is 37.6 Å². The lowest BCUT2D eigenvalue weighted by Gasteiger charge is -2.17. The summed E-state index contributed by atoms with van der Waals surface area (Å²) in [5, 5.41) is 4.21. The largest absolute Gasteiger partial charge is 0.313 e. The minimum Gasteiger partial charge on any atom is -0.313 e. The Morgan fingerprint density at radius 1 is 1.10 bits per heavy atom. The molecule has 0 unspecified atom stereocenters. The predicted octanol–water partition coefficient (Wildman–Crippen LogP) is 4.52. The van der Waals surface area contributed by atoms with Gasteiger partial charge >= 0.3 is 0 Å². The molecular formula is C16H27Cl3N2. The summed E-state index contributed by atoms with van der Waals surface area (Å²) in [6, 6.07) is 7.88. The van der Waals surface area contributed by atoms with Gasteiger partial charge in [0, 0.05) is 11.6 Å². The van der Waals surface area contributed by atoms with Crippen molar-refractivity contribution in [1.82, 2.24) is 10.2 Å². The molecule has 0 saturated heterocycles. The molecule has 21 heavy (non-hydrogen) atoms. The van der Waals surface area contributed by atoms with Crippen LogP contribution in [0.25, 0.3) is 6.08 Å². The van der Waals surface area contributed by atoms with Crippen LogP contribution < -0.4 is 5.32 Å². The molecule has 0 saturated carbocycles. The van der Waals surface area contributed by atoms with E-state index in [4.69, 9.17) is 11.6 Å². The van der Waals surface area contributed by atoms with Crippen LogP contribution in [0.5, 0.6) is 0 Å². The van der Waals surface area contributed by atoms with E-state index in [0.29, 0.717) is 0 Å². The monoisotopic (exact) mass is 352 g/mol. The van der Waals surface area contributed by atoms with Gasteiger partial charge in [0.2, 0.25) is 0 Å². The molecule has 0 aliphatic rings. The number of hydrogen-bond acceptors (Lipinski definition) is 2. The maximum atomic E-state index is 5.84. The van der Waals surface area contributed by atoms with Gasteiger partial charge in [-0.05, 0) is 50.3 Å². The molecule has 0 heterocycles. The van der Waals surface area contributed by atoms with Gasteiger partial charge in [0.05, 0.1) is 0 Å². The molecule has 1 aromatic carbocycles. The molecule has 1 rings (SSSR count). The summed E-state index contributed by atoms with van der Waals surface area (Å²) < 4.78 is 0. The molecule has 0 atom stereocenters. The van der Waals surface area contributed by atoms with Crippen LogP contribution in [0.4, 0.5) is 0 Å². The predicted molar refractivity (Wildman–Crippen MR) is 100 cm³/mol. The highest BCUT2D eigenvalue weighted by atomic mass is 35.5. The third kappa shape index (κ3) is 11.0. The van der Waals surface area contributed by atoms with Gasteiger partial charge in [-0.3, -0.25) is 0 Å². The van der Waals surface area contributed by atoms with Gasteiger partial charge in [-0.1, -0.05) is 49.7 Å². The first-order valence-corrected chi connectivity index (χ1v) is 7.49. The topological polar surface area (TPSA) is 15.3 Å². The summed E-state index contributed by atoms with van der Waals surface area (Å²) in [6.45, 7) is 9.89. The maximum Gasteiger partial charge on any atom is 0.0406 e. The molecule has 2 nitrogen and oxygen atoms in total. The van der Waals surface area contributed by atoms with Gasteiger partial charge in [0.25, 0.3) is 0 Å². The van der Waals surface area contributed by atoms with E-state index in [1.54, 1.807) is 0 Å². The zero-order chi connectivity index (χ0) is 13.9. The summed E-state index contributed by atoms with van der Waals surface area (Å²) in [6.07, 6.45) is 5.48. The van der Waals surface area contributed by atoms with Crippen molar-refractivity contribution in [1.29, 1.82) is 0 Å². The van der Waals surface area contributed by atoms with Crippen molar-refractivity contribution in [3.05, 3.63) is 40.9 Å². The second-order valence-corrected chi connectivity index (χ2v) is 4.97. The maximum absolute atomic E-state index is 5.84. The lowest BCUT2D eigenvalue weighted by Crippen LogP contribution is -2.27. The molecule has 0 fully saturated rings. The Bertz CT molecular complexity index is 362. The molecule has 1 aromatic rings. The van der Waals surface area contributed by atoms with Crippen molar-refractivity contribution >= 4 is 42.5 Å². The highest BCUT2D eigenvalue weighted by Crippen LogP contribution is 2.10. The quantitative estimate of drug-likeness (QED) is 0.657. The molecule has 0 aromatic heterocycles. The summed E-state index contributed by atoms with van der Waals surface area (Å²) in [5.41, 5.74) is 1.19. The first-order valence-electron chi connectivity index (χ1n) is 7.11. The lowest BCUT2D eigenvalue weighted by molar-refractivity contribution is 0.298. The first kappa shape index (κ1) is 23.0. The van der Waals surface area contributed by atoms with Gasteiger partial charge in [-0.2, -0.15) is 0 Å². The lowest BCUT2D eigenvalue weighted by atomic mass is 10.2. The second-order valence-electron chi connectivity index (χ2n) is 4.54. The van der Waals surface area contributed by atoms with Crippen LogP contribution in [0.15, 0.2) is 30.3 Å². The molecule has 0 spiro atoms. The summed E-state index contributed by atoms with van der Waals surface area (Å²) >= 11 is 5.84. The third-order valence-corrected chi connectivity index (χ3v) is 3.42. The van der Waals surface area contributed by atoms with E-state index < -0.39 is 0 Å². The summed E-state index contributed by atoms with van der Waals surface area (Å²) in [4.78, 5) is 2.45. The Balaban J connectivity index is 0. The Kier molecular flexibility index (Phi) is 16.1. The molecule has 0 aliphatic carbocycles. The van der Waals surface area contributed by atoms with Crippen molar-refractivity contribution < 1.29 is 0 Å². The van der Waals surface area contributed by atoms with Crippen LogP contribution in [0.1, 0.15) is 25.8 Å². The van der Waals surface area contributed by atoms with Gasteiger partial charge in [-0.15, -0.1) is 24.8 Å². The van der Waals surface area contributed by atoms with Crippen LogP contribution in [-0.2, 0) is 0 Å². The SMILES string of the molecule is CCN(CC)CCCNC/C=C/c1ccc(Cl)cc1.Cl.Cl. The van der Waals surface area contributed by atoms with E-state index in [1.165, 1.54) is 18.5 Å². The minimum atomic E-state index is 0. The fourth-order valence-electron chi connectivity index (χ4n) is 1.92. The molecule has 5 heteroatoms. The molecule has 0 amide bonds. The highest BCUT2D eigenvalue weighted by Gasteiger charge is 1.96. The van der Waals surface area contributed by atoms with E-state index >= 15 is 0 Å². The van der Waals surface area contributed by atoms with Crippen LogP contribution in [0, 0.1) is 0 Å². The van der Waals surface area contributed by atoms with E-state index in [1.807, 2.05) is 24.3 Å². The Morgan fingerprint density at radius 2 is 1.71 bits per heavy atom. The van der Waals surface area contributed by atoms with E-state index in [0.717, 1.165) is 31.2 Å². The Morgan fingerprint density at radius 3 is 2.29 bits per heavy atom. The van der Waals surface area contributed by atoms with Crippen LogP contribution in [0.3, 0.4) is 0 Å². The number of halogens is 3. The van der Waals surface area contributed by atoms with Gasteiger partial charge in [-0.25, -0.2) is 0 Å². The average Bonchev–Trinajstić information content (AvgIpc) is 2.44. The standard InChI is InChI=1S/C16H25ClN2.2ClH/c1-3-19(4-2)14-6-13-18-12-5-7-15-8-10-16(17)11-9-15;;/h5,7-11,18H,3-4,6,12-14H2,1-2H3;2*1H/b7-5+;;. The Labute approximate surface area is 146 Å². The summed E-state index contributed by atoms with van der Waals surface area (Å²) in [5.74, 6) is 0. The fraction of sp³-hybridized carbons (Fsp3) is 0.500. The van der Waals surface area contributed by atoms with Gasteiger partial charge in [0.1, 0.15) is 0 Å². The molecule has 1 N–H and O–H groups in total. The van der Waals surface area contributed by atoms with Gasteiger partial charge in [0.15, 0.2) is 0 Å². The number of benzene rings is 1. The second kappa shape index (κ2) is 14.7. The Hall–Kier alpha value is -0.250. The number of hydrogen-bond donors (Lipinski definition) is 1. The van der Waals surface area contributed by atoms with E-state index in [9.17, 15) is 0 Å². The van der Waals surface area contributed by atoms with Crippen molar-refractivity contribution in [2.75, 3.05) is 32.7 Å². The molecule has 0 radical (unpaired) electrons. The zero-order valence-electron chi connectivity index (χ0n) is 12.8. The third-order valence-electron chi connectivity index (χ3n) is 3.16. The molecule has 0 bridgehead atoms. The number of rotatable bonds is 9. The molecule has 122 valence electrons. The fourth-order valence-corrected chi connectivity index (χ4v) is 2.05. The van der Waals surface area contributed by atoms with Crippen molar-refractivity contribution in [3.8, 4) is 0 Å². The van der Waals surface area contributed by atoms with Crippen molar-refractivity contribution in [2.45, 2.75) is 20.3 Å².